The maximum atomic E-state index is 11.8. The number of allylic oxidation sites excluding steroid dienone is 1. The molecule has 3 aromatic carbocycles. The summed E-state index contributed by atoms with van der Waals surface area (Å²) in [6.45, 7) is 7.53. The average molecular weight is 354 g/mol. The zero-order valence-corrected chi connectivity index (χ0v) is 15.2. The summed E-state index contributed by atoms with van der Waals surface area (Å²) in [6.07, 6.45) is 4.35. The predicted molar refractivity (Wildman–Crippen MR) is 112 cm³/mol. The fourth-order valence-corrected chi connectivity index (χ4v) is 2.87. The molecule has 0 saturated heterocycles. The molecule has 0 atom stereocenters. The van der Waals surface area contributed by atoms with Crippen molar-refractivity contribution in [3.63, 3.8) is 0 Å². The molecule has 2 heteroatoms. The Hall–Kier alpha value is -3.39. The topological polar surface area (TPSA) is 26.3 Å². The van der Waals surface area contributed by atoms with E-state index in [9.17, 15) is 4.79 Å². The monoisotopic (exact) mass is 354 g/mol. The second kappa shape index (κ2) is 8.81. The van der Waals surface area contributed by atoms with E-state index in [1.54, 1.807) is 18.2 Å². The molecule has 0 unspecified atom stereocenters. The average Bonchev–Trinajstić information content (AvgIpc) is 2.73. The van der Waals surface area contributed by atoms with Crippen LogP contribution in [0.15, 0.2) is 98.1 Å². The fourth-order valence-electron chi connectivity index (χ4n) is 2.87. The number of carbonyl (C=O) groups is 1. The first-order valence-electron chi connectivity index (χ1n) is 8.90. The van der Waals surface area contributed by atoms with Gasteiger partial charge in [-0.3, -0.25) is 0 Å². The summed E-state index contributed by atoms with van der Waals surface area (Å²) in [7, 11) is 0. The molecular weight excluding hydrogens is 332 g/mol. The van der Waals surface area contributed by atoms with Gasteiger partial charge < -0.3 is 4.74 Å². The maximum Gasteiger partial charge on any atom is 0.338 e. The largest absolute Gasteiger partial charge is 0.458 e. The van der Waals surface area contributed by atoms with Crippen LogP contribution in [0.4, 0.5) is 0 Å². The van der Waals surface area contributed by atoms with Crippen LogP contribution in [0.25, 0.3) is 22.3 Å². The Balaban J connectivity index is 1.74. The van der Waals surface area contributed by atoms with Gasteiger partial charge in [-0.1, -0.05) is 79.4 Å². The van der Waals surface area contributed by atoms with Crippen molar-refractivity contribution in [3.05, 3.63) is 109 Å². The van der Waals surface area contributed by atoms with Gasteiger partial charge in [-0.2, -0.15) is 0 Å². The van der Waals surface area contributed by atoms with Crippen molar-refractivity contribution in [2.24, 2.45) is 0 Å². The summed E-state index contributed by atoms with van der Waals surface area (Å²) in [6, 6.07) is 24.4. The minimum atomic E-state index is -0.336. The van der Waals surface area contributed by atoms with E-state index >= 15 is 0 Å². The first-order valence-corrected chi connectivity index (χ1v) is 8.90. The summed E-state index contributed by atoms with van der Waals surface area (Å²) < 4.78 is 5.05. The van der Waals surface area contributed by atoms with Gasteiger partial charge >= 0.3 is 5.97 Å². The lowest BCUT2D eigenvalue weighted by Gasteiger charge is -2.07. The molecule has 0 aromatic heterocycles. The highest BCUT2D eigenvalue weighted by molar-refractivity contribution is 5.90. The quantitative estimate of drug-likeness (QED) is 0.379. The molecule has 0 N–H and O–H groups in total. The van der Waals surface area contributed by atoms with Crippen LogP contribution < -0.4 is 0 Å². The Kier molecular flexibility index (Phi) is 6.01. The Bertz CT molecular complexity index is 918. The van der Waals surface area contributed by atoms with E-state index < -0.39 is 0 Å². The van der Waals surface area contributed by atoms with Crippen LogP contribution in [0.5, 0.6) is 0 Å². The van der Waals surface area contributed by atoms with Gasteiger partial charge in [0, 0.05) is 0 Å². The number of esters is 1. The van der Waals surface area contributed by atoms with Crippen molar-refractivity contribution in [2.75, 3.05) is 6.61 Å². The molecule has 0 spiro atoms. The molecule has 3 rings (SSSR count). The lowest BCUT2D eigenvalue weighted by Crippen LogP contribution is -2.04. The van der Waals surface area contributed by atoms with Crippen LogP contribution in [0, 0.1) is 0 Å². The smallest absolute Gasteiger partial charge is 0.338 e. The third-order valence-electron chi connectivity index (χ3n) is 4.34. The van der Waals surface area contributed by atoms with Crippen molar-refractivity contribution >= 4 is 5.97 Å². The summed E-state index contributed by atoms with van der Waals surface area (Å²) in [4.78, 5) is 11.8. The Morgan fingerprint density at radius 1 is 0.704 bits per heavy atom. The van der Waals surface area contributed by atoms with E-state index in [1.807, 2.05) is 18.2 Å². The number of benzene rings is 3. The maximum absolute atomic E-state index is 11.8. The number of rotatable bonds is 7. The molecule has 0 radical (unpaired) electrons. The van der Waals surface area contributed by atoms with E-state index in [1.165, 1.54) is 16.7 Å². The summed E-state index contributed by atoms with van der Waals surface area (Å²) in [5, 5.41) is 0. The molecule has 0 aliphatic carbocycles. The van der Waals surface area contributed by atoms with Crippen LogP contribution in [-0.2, 0) is 11.2 Å². The highest BCUT2D eigenvalue weighted by atomic mass is 16.5. The highest BCUT2D eigenvalue weighted by Crippen LogP contribution is 2.25. The van der Waals surface area contributed by atoms with E-state index in [4.69, 9.17) is 4.74 Å². The van der Waals surface area contributed by atoms with Crippen molar-refractivity contribution in [1.82, 2.24) is 0 Å². The first kappa shape index (κ1) is 18.4. The molecule has 27 heavy (non-hydrogen) atoms. The van der Waals surface area contributed by atoms with Crippen molar-refractivity contribution in [3.8, 4) is 22.3 Å². The van der Waals surface area contributed by atoms with Gasteiger partial charge in [0.1, 0.15) is 6.61 Å². The Labute approximate surface area is 160 Å². The standard InChI is InChI=1S/C25H22O2/c1-3-5-19-6-8-20(9-7-19)21-10-12-22(13-11-21)23-14-16-24(17-15-23)25(26)27-18-4-2/h3-4,6-17H,1-2,5,18H2. The lowest BCUT2D eigenvalue weighted by atomic mass is 9.98. The molecule has 3 aromatic rings. The molecule has 0 amide bonds. The summed E-state index contributed by atoms with van der Waals surface area (Å²) in [5.41, 5.74) is 6.33. The molecule has 134 valence electrons. The molecular formula is C25H22O2. The second-order valence-electron chi connectivity index (χ2n) is 6.23. The van der Waals surface area contributed by atoms with E-state index in [0.29, 0.717) is 5.56 Å². The molecule has 2 nitrogen and oxygen atoms in total. The van der Waals surface area contributed by atoms with Crippen LogP contribution >= 0.6 is 0 Å². The van der Waals surface area contributed by atoms with E-state index in [2.05, 4.69) is 61.7 Å². The minimum Gasteiger partial charge on any atom is -0.458 e. The zero-order chi connectivity index (χ0) is 19.1. The number of carbonyl (C=O) groups excluding carboxylic acids is 1. The van der Waals surface area contributed by atoms with Crippen LogP contribution in [-0.4, -0.2) is 12.6 Å². The number of hydrogen-bond donors (Lipinski definition) is 0. The molecule has 0 heterocycles. The predicted octanol–water partition coefficient (Wildman–Crippen LogP) is 6.09. The third kappa shape index (κ3) is 4.62. The van der Waals surface area contributed by atoms with Crippen molar-refractivity contribution in [1.29, 1.82) is 0 Å². The van der Waals surface area contributed by atoms with Gasteiger partial charge in [0.25, 0.3) is 0 Å². The molecule has 0 aliphatic rings. The van der Waals surface area contributed by atoms with Gasteiger partial charge in [-0.15, -0.1) is 6.58 Å². The molecule has 0 fully saturated rings. The third-order valence-corrected chi connectivity index (χ3v) is 4.34. The van der Waals surface area contributed by atoms with Crippen molar-refractivity contribution < 1.29 is 9.53 Å². The molecule has 0 bridgehead atoms. The van der Waals surface area contributed by atoms with Gasteiger partial charge in [0.15, 0.2) is 0 Å². The lowest BCUT2D eigenvalue weighted by molar-refractivity contribution is 0.0550. The van der Waals surface area contributed by atoms with Crippen LogP contribution in [0.2, 0.25) is 0 Å². The van der Waals surface area contributed by atoms with E-state index in [-0.39, 0.29) is 12.6 Å². The minimum absolute atomic E-state index is 0.219. The first-order chi connectivity index (χ1) is 13.2. The normalized spacial score (nSPS) is 10.2. The Morgan fingerprint density at radius 3 is 1.59 bits per heavy atom. The van der Waals surface area contributed by atoms with Gasteiger partial charge in [0.2, 0.25) is 0 Å². The van der Waals surface area contributed by atoms with Crippen molar-refractivity contribution in [2.45, 2.75) is 6.42 Å². The van der Waals surface area contributed by atoms with Gasteiger partial charge in [0.05, 0.1) is 5.56 Å². The summed E-state index contributed by atoms with van der Waals surface area (Å²) >= 11 is 0. The SMILES string of the molecule is C=CCOC(=O)c1ccc(-c2ccc(-c3ccc(CC=C)cc3)cc2)cc1. The Morgan fingerprint density at radius 2 is 1.15 bits per heavy atom. The zero-order valence-electron chi connectivity index (χ0n) is 15.2. The second-order valence-corrected chi connectivity index (χ2v) is 6.23. The number of hydrogen-bond acceptors (Lipinski definition) is 2. The number of ether oxygens (including phenoxy) is 1. The van der Waals surface area contributed by atoms with Gasteiger partial charge in [-0.05, 0) is 46.4 Å². The van der Waals surface area contributed by atoms with Gasteiger partial charge in [-0.25, -0.2) is 4.79 Å². The van der Waals surface area contributed by atoms with Crippen LogP contribution in [0.3, 0.4) is 0 Å². The van der Waals surface area contributed by atoms with E-state index in [0.717, 1.165) is 17.5 Å². The molecule has 0 aliphatic heterocycles. The fraction of sp³-hybridized carbons (Fsp3) is 0.0800. The van der Waals surface area contributed by atoms with Crippen LogP contribution in [0.1, 0.15) is 15.9 Å². The highest BCUT2D eigenvalue weighted by Gasteiger charge is 2.07. The summed E-state index contributed by atoms with van der Waals surface area (Å²) in [5.74, 6) is -0.336. The molecule has 0 saturated carbocycles.